The lowest BCUT2D eigenvalue weighted by Crippen LogP contribution is -2.17. The van der Waals surface area contributed by atoms with Gasteiger partial charge in [-0.15, -0.1) is 0 Å². The minimum atomic E-state index is -0.418. The topological polar surface area (TPSA) is 29.5 Å². The summed E-state index contributed by atoms with van der Waals surface area (Å²) in [5, 5.41) is 14.7. The lowest BCUT2D eigenvalue weighted by Gasteiger charge is -2.16. The molecule has 25 heavy (non-hydrogen) atoms. The van der Waals surface area contributed by atoms with Crippen molar-refractivity contribution in [2.45, 2.75) is 45.1 Å². The molecule has 3 aromatic rings. The molecular weight excluding hydrogens is 376 g/mol. The van der Waals surface area contributed by atoms with E-state index in [1.165, 1.54) is 19.3 Å². The van der Waals surface area contributed by atoms with E-state index >= 15 is 0 Å². The van der Waals surface area contributed by atoms with Crippen molar-refractivity contribution in [2.75, 3.05) is 6.61 Å². The molecule has 132 valence electrons. The van der Waals surface area contributed by atoms with Crippen molar-refractivity contribution in [2.24, 2.45) is 0 Å². The number of hydrogen-bond acceptors (Lipinski definition) is 2. The number of halogens is 1. The number of aliphatic hydroxyl groups is 1. The van der Waals surface area contributed by atoms with Gasteiger partial charge in [0.25, 0.3) is 0 Å². The first kappa shape index (κ1) is 18.2. The van der Waals surface area contributed by atoms with Gasteiger partial charge < -0.3 is 9.84 Å². The Bertz CT molecular complexity index is 844. The third-order valence-electron chi connectivity index (χ3n) is 4.59. The van der Waals surface area contributed by atoms with Gasteiger partial charge in [-0.1, -0.05) is 78.9 Å². The summed E-state index contributed by atoms with van der Waals surface area (Å²) in [6.45, 7) is 2.53. The van der Waals surface area contributed by atoms with Crippen LogP contribution in [-0.2, 0) is 0 Å². The van der Waals surface area contributed by atoms with Crippen LogP contribution in [0, 0.1) is 0 Å². The van der Waals surface area contributed by atoms with Crippen molar-refractivity contribution in [3.8, 4) is 5.75 Å². The molecule has 0 aliphatic heterocycles. The Labute approximate surface area is 157 Å². The second-order valence-corrected chi connectivity index (χ2v) is 7.52. The van der Waals surface area contributed by atoms with Crippen LogP contribution in [0.5, 0.6) is 5.75 Å². The maximum atomic E-state index is 10.3. The van der Waals surface area contributed by atoms with Crippen molar-refractivity contribution in [3.05, 3.63) is 53.0 Å². The molecule has 0 spiro atoms. The molecule has 1 N–H and O–H groups in total. The number of hydrogen-bond donors (Lipinski definition) is 1. The molecular formula is C22H25BrO2. The number of unbranched alkanes of at least 4 members (excludes halogenated alkanes) is 3. The molecule has 0 aliphatic carbocycles. The fraction of sp³-hybridized carbons (Fsp3) is 0.364. The summed E-state index contributed by atoms with van der Waals surface area (Å²) < 4.78 is 7.16. The summed E-state index contributed by atoms with van der Waals surface area (Å²) in [4.78, 5) is 0. The Morgan fingerprint density at radius 2 is 1.76 bits per heavy atom. The molecule has 0 radical (unpaired) electrons. The van der Waals surface area contributed by atoms with Gasteiger partial charge in [0, 0.05) is 15.2 Å². The molecule has 0 amide bonds. The zero-order chi connectivity index (χ0) is 17.6. The van der Waals surface area contributed by atoms with E-state index in [4.69, 9.17) is 4.74 Å². The monoisotopic (exact) mass is 400 g/mol. The lowest BCUT2D eigenvalue weighted by atomic mass is 10.0. The highest BCUT2D eigenvalue weighted by atomic mass is 79.9. The first-order chi connectivity index (χ1) is 12.2. The van der Waals surface area contributed by atoms with Crippen molar-refractivity contribution >= 4 is 37.5 Å². The molecule has 2 nitrogen and oxygen atoms in total. The van der Waals surface area contributed by atoms with Crippen LogP contribution in [0.15, 0.2) is 53.0 Å². The van der Waals surface area contributed by atoms with E-state index in [9.17, 15) is 5.11 Å². The zero-order valence-electron chi connectivity index (χ0n) is 14.7. The van der Waals surface area contributed by atoms with Gasteiger partial charge in [0.2, 0.25) is 0 Å². The molecule has 0 saturated heterocycles. The van der Waals surface area contributed by atoms with Crippen molar-refractivity contribution in [1.29, 1.82) is 0 Å². The smallest absolute Gasteiger partial charge is 0.135 e. The van der Waals surface area contributed by atoms with Gasteiger partial charge in [0.15, 0.2) is 0 Å². The Balaban J connectivity index is 1.84. The Hall–Kier alpha value is -1.58. The zero-order valence-corrected chi connectivity index (χ0v) is 16.3. The fourth-order valence-electron chi connectivity index (χ4n) is 3.22. The maximum absolute atomic E-state index is 10.3. The van der Waals surface area contributed by atoms with E-state index < -0.39 is 6.10 Å². The molecule has 0 aliphatic rings. The molecule has 3 heteroatoms. The SMILES string of the molecule is CCCCCCC(O)COc1c2ccccc2cc2ccc(Br)cc12. The summed E-state index contributed by atoms with van der Waals surface area (Å²) >= 11 is 3.55. The fourth-order valence-corrected chi connectivity index (χ4v) is 3.58. The van der Waals surface area contributed by atoms with E-state index in [-0.39, 0.29) is 0 Å². The van der Waals surface area contributed by atoms with Gasteiger partial charge in [0.1, 0.15) is 12.4 Å². The molecule has 0 bridgehead atoms. The van der Waals surface area contributed by atoms with Crippen molar-refractivity contribution in [3.63, 3.8) is 0 Å². The van der Waals surface area contributed by atoms with Crippen molar-refractivity contribution < 1.29 is 9.84 Å². The summed E-state index contributed by atoms with van der Waals surface area (Å²) in [5.74, 6) is 0.863. The average molecular weight is 401 g/mol. The van der Waals surface area contributed by atoms with Crippen LogP contribution in [0.1, 0.15) is 39.0 Å². The summed E-state index contributed by atoms with van der Waals surface area (Å²) in [7, 11) is 0. The molecule has 3 aromatic carbocycles. The maximum Gasteiger partial charge on any atom is 0.135 e. The Morgan fingerprint density at radius 1 is 0.960 bits per heavy atom. The largest absolute Gasteiger partial charge is 0.490 e. The minimum absolute atomic E-state index is 0.335. The molecule has 0 heterocycles. The van der Waals surface area contributed by atoms with Gasteiger partial charge >= 0.3 is 0 Å². The van der Waals surface area contributed by atoms with E-state index in [1.54, 1.807) is 0 Å². The predicted molar refractivity (Wildman–Crippen MR) is 109 cm³/mol. The van der Waals surface area contributed by atoms with Gasteiger partial charge in [-0.25, -0.2) is 0 Å². The quantitative estimate of drug-likeness (QED) is 0.346. The van der Waals surface area contributed by atoms with E-state index in [0.29, 0.717) is 6.61 Å². The summed E-state index contributed by atoms with van der Waals surface area (Å²) in [6.07, 6.45) is 5.06. The summed E-state index contributed by atoms with van der Waals surface area (Å²) in [5.41, 5.74) is 0. The molecule has 1 unspecified atom stereocenters. The lowest BCUT2D eigenvalue weighted by molar-refractivity contribution is 0.0990. The molecule has 0 aromatic heterocycles. The minimum Gasteiger partial charge on any atom is -0.490 e. The second kappa shape index (κ2) is 8.68. The number of fused-ring (bicyclic) bond motifs is 2. The predicted octanol–water partition coefficient (Wildman–Crippen LogP) is 6.47. The highest BCUT2D eigenvalue weighted by Gasteiger charge is 2.12. The van der Waals surface area contributed by atoms with Crippen LogP contribution >= 0.6 is 15.9 Å². The second-order valence-electron chi connectivity index (χ2n) is 6.61. The first-order valence-corrected chi connectivity index (χ1v) is 9.90. The van der Waals surface area contributed by atoms with Crippen LogP contribution in [0.4, 0.5) is 0 Å². The van der Waals surface area contributed by atoms with Crippen LogP contribution < -0.4 is 4.74 Å². The standard InChI is InChI=1S/C22H25BrO2/c1-2-3-4-5-9-19(24)15-25-22-20-10-7-6-8-16(20)13-17-11-12-18(23)14-21(17)22/h6-8,10-14,19,24H,2-5,9,15H2,1H3. The van der Waals surface area contributed by atoms with Crippen molar-refractivity contribution in [1.82, 2.24) is 0 Å². The molecule has 1 atom stereocenters. The highest BCUT2D eigenvalue weighted by Crippen LogP contribution is 2.36. The van der Waals surface area contributed by atoms with Crippen LogP contribution in [0.3, 0.4) is 0 Å². The third kappa shape index (κ3) is 4.53. The number of rotatable bonds is 8. The van der Waals surface area contributed by atoms with Crippen LogP contribution in [0.25, 0.3) is 21.5 Å². The molecule has 0 fully saturated rings. The Kier molecular flexibility index (Phi) is 6.33. The number of aliphatic hydroxyl groups excluding tert-OH is 1. The third-order valence-corrected chi connectivity index (χ3v) is 5.08. The van der Waals surface area contributed by atoms with E-state index in [0.717, 1.165) is 44.6 Å². The molecule has 3 rings (SSSR count). The van der Waals surface area contributed by atoms with Gasteiger partial charge in [0.05, 0.1) is 6.10 Å². The normalized spacial score (nSPS) is 12.6. The molecule has 0 saturated carbocycles. The Morgan fingerprint density at radius 3 is 2.60 bits per heavy atom. The highest BCUT2D eigenvalue weighted by molar-refractivity contribution is 9.10. The van der Waals surface area contributed by atoms with Crippen LogP contribution in [-0.4, -0.2) is 17.8 Å². The first-order valence-electron chi connectivity index (χ1n) is 9.11. The van der Waals surface area contributed by atoms with Gasteiger partial charge in [-0.05, 0) is 35.4 Å². The van der Waals surface area contributed by atoms with E-state index in [1.807, 2.05) is 18.2 Å². The van der Waals surface area contributed by atoms with Gasteiger partial charge in [-0.3, -0.25) is 0 Å². The number of benzene rings is 3. The van der Waals surface area contributed by atoms with E-state index in [2.05, 4.69) is 53.2 Å². The summed E-state index contributed by atoms with van der Waals surface area (Å²) in [6, 6.07) is 16.7. The number of ether oxygens (including phenoxy) is 1. The van der Waals surface area contributed by atoms with Crippen LogP contribution in [0.2, 0.25) is 0 Å². The average Bonchev–Trinajstić information content (AvgIpc) is 2.62. The van der Waals surface area contributed by atoms with Gasteiger partial charge in [-0.2, -0.15) is 0 Å².